The second-order valence-electron chi connectivity index (χ2n) is 4.87. The number of rotatable bonds is 5. The Balaban J connectivity index is 2.01. The van der Waals surface area contributed by atoms with Crippen molar-refractivity contribution in [2.45, 2.75) is 45.1 Å². The highest BCUT2D eigenvalue weighted by Crippen LogP contribution is 2.20. The molecule has 4 nitrogen and oxygen atoms in total. The van der Waals surface area contributed by atoms with Crippen molar-refractivity contribution >= 4 is 11.8 Å². The van der Waals surface area contributed by atoms with E-state index in [1.807, 2.05) is 19.1 Å². The van der Waals surface area contributed by atoms with Crippen LogP contribution in [0.3, 0.4) is 0 Å². The summed E-state index contributed by atoms with van der Waals surface area (Å²) in [5.41, 5.74) is 0.981. The molecule has 98 valence electrons. The summed E-state index contributed by atoms with van der Waals surface area (Å²) < 4.78 is 0. The zero-order valence-corrected chi connectivity index (χ0v) is 11.1. The van der Waals surface area contributed by atoms with Crippen LogP contribution >= 0.6 is 0 Å². The summed E-state index contributed by atoms with van der Waals surface area (Å²) in [7, 11) is 0. The fraction of sp³-hybridized carbons (Fsp3) is 0.571. The SMILES string of the molecule is C=CCNc1cc(C)nc(NC2CCCCC2)n1. The molecule has 0 amide bonds. The summed E-state index contributed by atoms with van der Waals surface area (Å²) in [6, 6.07) is 2.49. The van der Waals surface area contributed by atoms with Gasteiger partial charge in [-0.3, -0.25) is 0 Å². The molecule has 1 heterocycles. The summed E-state index contributed by atoms with van der Waals surface area (Å²) in [5, 5.41) is 6.65. The average Bonchev–Trinajstić information content (AvgIpc) is 2.37. The van der Waals surface area contributed by atoms with Crippen LogP contribution < -0.4 is 10.6 Å². The fourth-order valence-electron chi connectivity index (χ4n) is 2.33. The standard InChI is InChI=1S/C14H22N4/c1-3-9-15-13-10-11(2)16-14(18-13)17-12-7-5-4-6-8-12/h3,10,12H,1,4-9H2,2H3,(H2,15,16,17,18). The predicted molar refractivity (Wildman–Crippen MR) is 76.0 cm³/mol. The summed E-state index contributed by atoms with van der Waals surface area (Å²) >= 11 is 0. The summed E-state index contributed by atoms with van der Waals surface area (Å²) in [4.78, 5) is 8.93. The van der Waals surface area contributed by atoms with Gasteiger partial charge < -0.3 is 10.6 Å². The van der Waals surface area contributed by atoms with Gasteiger partial charge in [-0.2, -0.15) is 4.98 Å². The van der Waals surface area contributed by atoms with Crippen molar-refractivity contribution in [1.82, 2.24) is 9.97 Å². The van der Waals surface area contributed by atoms with Crippen molar-refractivity contribution in [3.63, 3.8) is 0 Å². The molecule has 0 aromatic carbocycles. The largest absolute Gasteiger partial charge is 0.366 e. The van der Waals surface area contributed by atoms with Gasteiger partial charge in [-0.05, 0) is 19.8 Å². The topological polar surface area (TPSA) is 49.8 Å². The van der Waals surface area contributed by atoms with Crippen LogP contribution in [0.4, 0.5) is 11.8 Å². The molecule has 0 atom stereocenters. The van der Waals surface area contributed by atoms with Crippen molar-refractivity contribution < 1.29 is 0 Å². The Morgan fingerprint density at radius 2 is 2.11 bits per heavy atom. The van der Waals surface area contributed by atoms with Crippen LogP contribution in [0.2, 0.25) is 0 Å². The molecule has 0 radical (unpaired) electrons. The molecular weight excluding hydrogens is 224 g/mol. The minimum absolute atomic E-state index is 0.535. The molecule has 4 heteroatoms. The second kappa shape index (κ2) is 6.38. The fourth-order valence-corrected chi connectivity index (χ4v) is 2.33. The van der Waals surface area contributed by atoms with Crippen LogP contribution in [0.1, 0.15) is 37.8 Å². The second-order valence-corrected chi connectivity index (χ2v) is 4.87. The first-order chi connectivity index (χ1) is 8.78. The van der Waals surface area contributed by atoms with Gasteiger partial charge in [-0.15, -0.1) is 6.58 Å². The van der Waals surface area contributed by atoms with Gasteiger partial charge in [0.1, 0.15) is 5.82 Å². The minimum atomic E-state index is 0.535. The van der Waals surface area contributed by atoms with Crippen molar-refractivity contribution in [1.29, 1.82) is 0 Å². The Kier molecular flexibility index (Phi) is 4.56. The van der Waals surface area contributed by atoms with Crippen LogP contribution in [-0.2, 0) is 0 Å². The zero-order chi connectivity index (χ0) is 12.8. The number of aryl methyl sites for hydroxylation is 1. The van der Waals surface area contributed by atoms with E-state index in [0.717, 1.165) is 24.0 Å². The summed E-state index contributed by atoms with van der Waals surface area (Å²) in [5.74, 6) is 1.61. The third-order valence-corrected chi connectivity index (χ3v) is 3.22. The van der Waals surface area contributed by atoms with Gasteiger partial charge in [0.25, 0.3) is 0 Å². The molecule has 1 aliphatic carbocycles. The van der Waals surface area contributed by atoms with E-state index in [0.29, 0.717) is 6.04 Å². The molecule has 0 unspecified atom stereocenters. The van der Waals surface area contributed by atoms with Crippen molar-refractivity contribution in [3.05, 3.63) is 24.4 Å². The summed E-state index contributed by atoms with van der Waals surface area (Å²) in [6.07, 6.45) is 8.26. The van der Waals surface area contributed by atoms with Gasteiger partial charge in [0, 0.05) is 24.3 Å². The van der Waals surface area contributed by atoms with E-state index in [9.17, 15) is 0 Å². The number of anilines is 2. The van der Waals surface area contributed by atoms with E-state index in [4.69, 9.17) is 0 Å². The zero-order valence-electron chi connectivity index (χ0n) is 11.1. The first-order valence-corrected chi connectivity index (χ1v) is 6.75. The molecule has 0 spiro atoms. The maximum Gasteiger partial charge on any atom is 0.225 e. The Bertz CT molecular complexity index is 397. The number of aromatic nitrogens is 2. The molecule has 1 aromatic heterocycles. The quantitative estimate of drug-likeness (QED) is 0.784. The average molecular weight is 246 g/mol. The Labute approximate surface area is 109 Å². The smallest absolute Gasteiger partial charge is 0.225 e. The molecular formula is C14H22N4. The van der Waals surface area contributed by atoms with Crippen molar-refractivity contribution in [3.8, 4) is 0 Å². The molecule has 1 aromatic rings. The van der Waals surface area contributed by atoms with E-state index in [2.05, 4.69) is 27.2 Å². The van der Waals surface area contributed by atoms with Gasteiger partial charge in [0.05, 0.1) is 0 Å². The molecule has 1 fully saturated rings. The van der Waals surface area contributed by atoms with Gasteiger partial charge in [-0.1, -0.05) is 25.3 Å². The lowest BCUT2D eigenvalue weighted by atomic mass is 9.96. The minimum Gasteiger partial charge on any atom is -0.366 e. The van der Waals surface area contributed by atoms with E-state index in [1.54, 1.807) is 0 Å². The van der Waals surface area contributed by atoms with Gasteiger partial charge in [0.15, 0.2) is 0 Å². The first kappa shape index (κ1) is 12.9. The molecule has 1 aliphatic rings. The number of nitrogens with zero attached hydrogens (tertiary/aromatic N) is 2. The molecule has 0 aliphatic heterocycles. The molecule has 2 N–H and O–H groups in total. The first-order valence-electron chi connectivity index (χ1n) is 6.75. The van der Waals surface area contributed by atoms with Gasteiger partial charge >= 0.3 is 0 Å². The normalized spacial score (nSPS) is 16.3. The van der Waals surface area contributed by atoms with Crippen molar-refractivity contribution in [2.24, 2.45) is 0 Å². The highest BCUT2D eigenvalue weighted by atomic mass is 15.2. The number of hydrogen-bond acceptors (Lipinski definition) is 4. The van der Waals surface area contributed by atoms with Crippen LogP contribution in [-0.4, -0.2) is 22.6 Å². The predicted octanol–water partition coefficient (Wildman–Crippen LogP) is 3.13. The van der Waals surface area contributed by atoms with Gasteiger partial charge in [0.2, 0.25) is 5.95 Å². The molecule has 0 saturated heterocycles. The maximum absolute atomic E-state index is 4.48. The lowest BCUT2D eigenvalue weighted by molar-refractivity contribution is 0.461. The Morgan fingerprint density at radius 1 is 1.33 bits per heavy atom. The third-order valence-electron chi connectivity index (χ3n) is 3.22. The van der Waals surface area contributed by atoms with E-state index >= 15 is 0 Å². The Hall–Kier alpha value is -1.58. The van der Waals surface area contributed by atoms with Crippen LogP contribution in [0.15, 0.2) is 18.7 Å². The molecule has 0 bridgehead atoms. The number of nitrogens with one attached hydrogen (secondary N) is 2. The highest BCUT2D eigenvalue weighted by molar-refractivity contribution is 5.42. The van der Waals surface area contributed by atoms with E-state index in [-0.39, 0.29) is 0 Å². The van der Waals surface area contributed by atoms with E-state index < -0.39 is 0 Å². The maximum atomic E-state index is 4.48. The lowest BCUT2D eigenvalue weighted by Gasteiger charge is -2.23. The monoisotopic (exact) mass is 246 g/mol. The highest BCUT2D eigenvalue weighted by Gasteiger charge is 2.14. The summed E-state index contributed by atoms with van der Waals surface area (Å²) in [6.45, 7) is 6.41. The Morgan fingerprint density at radius 3 is 2.83 bits per heavy atom. The number of hydrogen-bond donors (Lipinski definition) is 2. The van der Waals surface area contributed by atoms with Gasteiger partial charge in [-0.25, -0.2) is 4.98 Å². The lowest BCUT2D eigenvalue weighted by Crippen LogP contribution is -2.23. The molecule has 2 rings (SSSR count). The van der Waals surface area contributed by atoms with E-state index in [1.165, 1.54) is 32.1 Å². The molecule has 1 saturated carbocycles. The van der Waals surface area contributed by atoms with Crippen LogP contribution in [0, 0.1) is 6.92 Å². The van der Waals surface area contributed by atoms with Crippen LogP contribution in [0.25, 0.3) is 0 Å². The van der Waals surface area contributed by atoms with Crippen molar-refractivity contribution in [2.75, 3.05) is 17.2 Å². The third kappa shape index (κ3) is 3.72. The van der Waals surface area contributed by atoms with Crippen LogP contribution in [0.5, 0.6) is 0 Å². The molecule has 18 heavy (non-hydrogen) atoms.